The fourth-order valence-electron chi connectivity index (χ4n) is 4.69. The first-order valence-electron chi connectivity index (χ1n) is 10.8. The van der Waals surface area contributed by atoms with Gasteiger partial charge in [-0.3, -0.25) is 9.59 Å². The number of anilines is 1. The lowest BCUT2D eigenvalue weighted by Gasteiger charge is -2.23. The molecule has 2 fully saturated rings. The summed E-state index contributed by atoms with van der Waals surface area (Å²) >= 11 is 1.29. The van der Waals surface area contributed by atoms with Gasteiger partial charge in [0, 0.05) is 10.4 Å². The lowest BCUT2D eigenvalue weighted by atomic mass is 9.78. The Morgan fingerprint density at radius 1 is 1.09 bits per heavy atom. The molecule has 2 aromatic rings. The molecule has 0 spiro atoms. The maximum absolute atomic E-state index is 13.2. The Bertz CT molecular complexity index is 1060. The van der Waals surface area contributed by atoms with E-state index in [1.165, 1.54) is 11.3 Å². The molecule has 4 rings (SSSR count). The number of nitrogens with one attached hydrogen (secondary N) is 1. The van der Waals surface area contributed by atoms with E-state index in [4.69, 9.17) is 9.47 Å². The molecule has 2 N–H and O–H groups in total. The minimum absolute atomic E-state index is 0.300. The van der Waals surface area contributed by atoms with E-state index in [2.05, 4.69) is 5.32 Å². The Morgan fingerprint density at radius 3 is 2.31 bits per heavy atom. The standard InChI is InChI=1S/C24H27NO6S/c1-11(2)30-24(29)20-17(14-7-5-12(3)6-8-14)13(4)32-22(20)25-21(26)18-15-9-10-16(31-15)19(18)23(27)28/h5-8,11,15-16,18-19H,9-10H2,1-4H3,(H,25,26)(H,27,28)/t15-,16+,18-,19+/m1/s1. The van der Waals surface area contributed by atoms with Crippen molar-refractivity contribution in [2.45, 2.75) is 58.8 Å². The Kier molecular flexibility index (Phi) is 6.09. The van der Waals surface area contributed by atoms with Crippen LogP contribution in [0.4, 0.5) is 5.00 Å². The van der Waals surface area contributed by atoms with Gasteiger partial charge in [-0.05, 0) is 46.1 Å². The first-order chi connectivity index (χ1) is 15.2. The van der Waals surface area contributed by atoms with Crippen molar-refractivity contribution < 1.29 is 29.0 Å². The predicted octanol–water partition coefficient (Wildman–Crippen LogP) is 4.41. The SMILES string of the molecule is Cc1ccc(-c2c(C)sc(NC(=O)[C@H]3[C@@H](C(=O)O)[C@@H]4CC[C@H]3O4)c2C(=O)OC(C)C)cc1. The van der Waals surface area contributed by atoms with Crippen LogP contribution in [0.3, 0.4) is 0 Å². The quantitative estimate of drug-likeness (QED) is 0.623. The van der Waals surface area contributed by atoms with Crippen LogP contribution in [-0.4, -0.2) is 41.3 Å². The Labute approximate surface area is 190 Å². The average Bonchev–Trinajstić information content (AvgIpc) is 3.41. The fourth-order valence-corrected chi connectivity index (χ4v) is 5.76. The number of aryl methyl sites for hydroxylation is 2. The second kappa shape index (κ2) is 8.67. The molecule has 1 aromatic heterocycles. The van der Waals surface area contributed by atoms with Crippen LogP contribution < -0.4 is 5.32 Å². The largest absolute Gasteiger partial charge is 0.481 e. The van der Waals surface area contributed by atoms with Crippen molar-refractivity contribution in [2.24, 2.45) is 11.8 Å². The lowest BCUT2D eigenvalue weighted by Crippen LogP contribution is -2.41. The number of esters is 1. The van der Waals surface area contributed by atoms with E-state index in [0.717, 1.165) is 21.6 Å². The monoisotopic (exact) mass is 457 g/mol. The van der Waals surface area contributed by atoms with Crippen LogP contribution in [-0.2, 0) is 19.1 Å². The molecule has 4 atom stereocenters. The summed E-state index contributed by atoms with van der Waals surface area (Å²) < 4.78 is 11.2. The number of ether oxygens (including phenoxy) is 2. The van der Waals surface area contributed by atoms with Crippen LogP contribution in [0.1, 0.15) is 47.5 Å². The molecule has 1 amide bonds. The van der Waals surface area contributed by atoms with E-state index >= 15 is 0 Å². The predicted molar refractivity (Wildman–Crippen MR) is 121 cm³/mol. The highest BCUT2D eigenvalue weighted by Crippen LogP contribution is 2.45. The summed E-state index contributed by atoms with van der Waals surface area (Å²) in [6, 6.07) is 7.80. The van der Waals surface area contributed by atoms with Crippen LogP contribution >= 0.6 is 11.3 Å². The molecule has 0 unspecified atom stereocenters. The third-order valence-electron chi connectivity index (χ3n) is 6.07. The summed E-state index contributed by atoms with van der Waals surface area (Å²) in [5.41, 5.74) is 2.97. The second-order valence-electron chi connectivity index (χ2n) is 8.73. The molecule has 2 aliphatic heterocycles. The summed E-state index contributed by atoms with van der Waals surface area (Å²) in [4.78, 5) is 38.9. The van der Waals surface area contributed by atoms with Gasteiger partial charge in [0.1, 0.15) is 10.6 Å². The number of thiophene rings is 1. The number of hydrogen-bond donors (Lipinski definition) is 2. The number of hydrogen-bond acceptors (Lipinski definition) is 6. The molecule has 0 aliphatic carbocycles. The Hall–Kier alpha value is -2.71. The number of carboxylic acids is 1. The lowest BCUT2D eigenvalue weighted by molar-refractivity contribution is -0.147. The number of fused-ring (bicyclic) bond motifs is 2. The summed E-state index contributed by atoms with van der Waals surface area (Å²) in [5.74, 6) is -3.64. The van der Waals surface area contributed by atoms with Gasteiger partial charge in [-0.2, -0.15) is 0 Å². The van der Waals surface area contributed by atoms with Crippen molar-refractivity contribution in [3.8, 4) is 11.1 Å². The number of benzene rings is 1. The molecule has 0 saturated carbocycles. The van der Waals surface area contributed by atoms with Crippen LogP contribution in [0.15, 0.2) is 24.3 Å². The van der Waals surface area contributed by atoms with Gasteiger partial charge in [0.25, 0.3) is 0 Å². The number of carbonyl (C=O) groups excluding carboxylic acids is 2. The molecule has 2 bridgehead atoms. The van der Waals surface area contributed by atoms with Crippen LogP contribution in [0.25, 0.3) is 11.1 Å². The highest BCUT2D eigenvalue weighted by molar-refractivity contribution is 7.17. The molecule has 170 valence electrons. The first kappa shape index (κ1) is 22.5. The van der Waals surface area contributed by atoms with E-state index in [1.807, 2.05) is 38.1 Å². The zero-order valence-electron chi connectivity index (χ0n) is 18.5. The average molecular weight is 458 g/mol. The summed E-state index contributed by atoms with van der Waals surface area (Å²) in [7, 11) is 0. The van der Waals surface area contributed by atoms with E-state index in [1.54, 1.807) is 13.8 Å². The normalized spacial score (nSPS) is 24.0. The van der Waals surface area contributed by atoms with Crippen molar-refractivity contribution in [1.82, 2.24) is 0 Å². The number of rotatable bonds is 6. The topological polar surface area (TPSA) is 102 Å². The first-order valence-corrected chi connectivity index (χ1v) is 11.6. The van der Waals surface area contributed by atoms with Crippen molar-refractivity contribution in [1.29, 1.82) is 0 Å². The van der Waals surface area contributed by atoms with Crippen LogP contribution in [0.2, 0.25) is 0 Å². The maximum atomic E-state index is 13.2. The van der Waals surface area contributed by atoms with Crippen LogP contribution in [0, 0.1) is 25.7 Å². The van der Waals surface area contributed by atoms with E-state index in [-0.39, 0.29) is 6.10 Å². The summed E-state index contributed by atoms with van der Waals surface area (Å²) in [5, 5.41) is 12.9. The molecular weight excluding hydrogens is 430 g/mol. The highest BCUT2D eigenvalue weighted by atomic mass is 32.1. The number of carboxylic acid groups (broad SMARTS) is 1. The summed E-state index contributed by atoms with van der Waals surface area (Å²) in [6.07, 6.45) is 0.129. The van der Waals surface area contributed by atoms with Gasteiger partial charge in [0.15, 0.2) is 0 Å². The Morgan fingerprint density at radius 2 is 1.72 bits per heavy atom. The van der Waals surface area contributed by atoms with E-state index in [0.29, 0.717) is 23.4 Å². The molecule has 2 aliphatic rings. The summed E-state index contributed by atoms with van der Waals surface area (Å²) in [6.45, 7) is 7.42. The van der Waals surface area contributed by atoms with E-state index in [9.17, 15) is 19.5 Å². The molecule has 1 aromatic carbocycles. The van der Waals surface area contributed by atoms with Gasteiger partial charge in [-0.1, -0.05) is 29.8 Å². The minimum Gasteiger partial charge on any atom is -0.481 e. The van der Waals surface area contributed by atoms with E-state index < -0.39 is 41.9 Å². The third-order valence-corrected chi connectivity index (χ3v) is 7.09. The van der Waals surface area contributed by atoms with Gasteiger partial charge in [0.2, 0.25) is 5.91 Å². The van der Waals surface area contributed by atoms with Gasteiger partial charge < -0.3 is 19.9 Å². The van der Waals surface area contributed by atoms with Gasteiger partial charge in [-0.25, -0.2) is 4.79 Å². The maximum Gasteiger partial charge on any atom is 0.342 e. The van der Waals surface area contributed by atoms with Crippen molar-refractivity contribution in [3.63, 3.8) is 0 Å². The zero-order chi connectivity index (χ0) is 23.2. The second-order valence-corrected chi connectivity index (χ2v) is 9.95. The zero-order valence-corrected chi connectivity index (χ0v) is 19.3. The van der Waals surface area contributed by atoms with Gasteiger partial charge in [0.05, 0.1) is 30.1 Å². The minimum atomic E-state index is -1.03. The van der Waals surface area contributed by atoms with Crippen molar-refractivity contribution in [3.05, 3.63) is 40.3 Å². The smallest absolute Gasteiger partial charge is 0.342 e. The molecule has 8 heteroatoms. The van der Waals surface area contributed by atoms with Crippen LogP contribution in [0.5, 0.6) is 0 Å². The number of aliphatic carboxylic acids is 1. The molecule has 2 saturated heterocycles. The molecular formula is C24H27NO6S. The Balaban J connectivity index is 1.71. The van der Waals surface area contributed by atoms with Gasteiger partial charge >= 0.3 is 11.9 Å². The fraction of sp³-hybridized carbons (Fsp3) is 0.458. The number of carbonyl (C=O) groups is 3. The molecule has 32 heavy (non-hydrogen) atoms. The number of amides is 1. The highest BCUT2D eigenvalue weighted by Gasteiger charge is 2.55. The molecule has 7 nitrogen and oxygen atoms in total. The van der Waals surface area contributed by atoms with Crippen molar-refractivity contribution >= 4 is 34.2 Å². The van der Waals surface area contributed by atoms with Crippen molar-refractivity contribution in [2.75, 3.05) is 5.32 Å². The third kappa shape index (κ3) is 4.04. The molecule has 0 radical (unpaired) electrons. The molecule has 3 heterocycles. The van der Waals surface area contributed by atoms with Gasteiger partial charge in [-0.15, -0.1) is 11.3 Å².